The van der Waals surface area contributed by atoms with E-state index < -0.39 is 29.2 Å². The molecule has 1 aliphatic heterocycles. The van der Waals surface area contributed by atoms with Crippen molar-refractivity contribution in [2.45, 2.75) is 31.4 Å². The highest BCUT2D eigenvalue weighted by Crippen LogP contribution is 2.34. The first kappa shape index (κ1) is 24.2. The van der Waals surface area contributed by atoms with Gasteiger partial charge in [0.25, 0.3) is 0 Å². The van der Waals surface area contributed by atoms with Gasteiger partial charge in [0.15, 0.2) is 29.6 Å². The van der Waals surface area contributed by atoms with Crippen molar-refractivity contribution in [3.63, 3.8) is 0 Å². The highest BCUT2D eigenvalue weighted by molar-refractivity contribution is 6.08. The SMILES string of the molecule is BCc1ccc(-c2ccc(-c3ccc(C4COC(CCC=C)OC4)c(F)c3F)cc2)c(F)c1F. The fraction of sp³-hybridized carbons (Fsp3) is 0.259. The molecule has 34 heavy (non-hydrogen) atoms. The fourth-order valence-electron chi connectivity index (χ4n) is 4.16. The van der Waals surface area contributed by atoms with E-state index in [0.29, 0.717) is 29.4 Å². The van der Waals surface area contributed by atoms with Gasteiger partial charge in [-0.05, 0) is 28.7 Å². The molecule has 0 spiro atoms. The zero-order valence-corrected chi connectivity index (χ0v) is 18.9. The monoisotopic (exact) mass is 468 g/mol. The Balaban J connectivity index is 1.54. The summed E-state index contributed by atoms with van der Waals surface area (Å²) in [4.78, 5) is 0. The fourth-order valence-corrected chi connectivity index (χ4v) is 4.16. The summed E-state index contributed by atoms with van der Waals surface area (Å²) in [5, 5.41) is 0. The van der Waals surface area contributed by atoms with Gasteiger partial charge in [-0.3, -0.25) is 0 Å². The van der Waals surface area contributed by atoms with Crippen LogP contribution in [0.5, 0.6) is 0 Å². The molecule has 0 bridgehead atoms. The van der Waals surface area contributed by atoms with Crippen LogP contribution in [0.3, 0.4) is 0 Å². The van der Waals surface area contributed by atoms with Gasteiger partial charge in [-0.15, -0.1) is 6.58 Å². The molecule has 1 saturated heterocycles. The maximum Gasteiger partial charge on any atom is 0.166 e. The Hall–Kier alpha value is -2.90. The number of allylic oxidation sites excluding steroid dienone is 1. The van der Waals surface area contributed by atoms with Crippen LogP contribution < -0.4 is 0 Å². The number of halogens is 4. The van der Waals surface area contributed by atoms with E-state index in [2.05, 4.69) is 6.58 Å². The summed E-state index contributed by atoms with van der Waals surface area (Å²) in [6.07, 6.45) is 3.21. The Morgan fingerprint density at radius 2 is 1.35 bits per heavy atom. The van der Waals surface area contributed by atoms with Crippen molar-refractivity contribution in [3.8, 4) is 22.3 Å². The molecule has 4 rings (SSSR count). The van der Waals surface area contributed by atoms with Crippen molar-refractivity contribution >= 4 is 7.85 Å². The molecule has 0 saturated carbocycles. The predicted octanol–water partition coefficient (Wildman–Crippen LogP) is 6.13. The van der Waals surface area contributed by atoms with Gasteiger partial charge in [0.1, 0.15) is 7.85 Å². The number of benzene rings is 3. The molecule has 176 valence electrons. The topological polar surface area (TPSA) is 18.5 Å². The predicted molar refractivity (Wildman–Crippen MR) is 127 cm³/mol. The van der Waals surface area contributed by atoms with Crippen LogP contribution in [-0.4, -0.2) is 27.4 Å². The molecular weight excluding hydrogens is 443 g/mol. The molecule has 1 aliphatic rings. The molecule has 0 amide bonds. The van der Waals surface area contributed by atoms with Crippen molar-refractivity contribution in [1.29, 1.82) is 0 Å². The third kappa shape index (κ3) is 4.81. The number of ether oxygens (including phenoxy) is 2. The highest BCUT2D eigenvalue weighted by Gasteiger charge is 2.27. The lowest BCUT2D eigenvalue weighted by molar-refractivity contribution is -0.189. The van der Waals surface area contributed by atoms with E-state index >= 15 is 0 Å². The largest absolute Gasteiger partial charge is 0.352 e. The highest BCUT2D eigenvalue weighted by atomic mass is 19.2. The minimum Gasteiger partial charge on any atom is -0.352 e. The van der Waals surface area contributed by atoms with Crippen molar-refractivity contribution in [3.05, 3.63) is 95.6 Å². The van der Waals surface area contributed by atoms with Gasteiger partial charge in [0.2, 0.25) is 0 Å². The Morgan fingerprint density at radius 3 is 1.91 bits per heavy atom. The number of hydrogen-bond donors (Lipinski definition) is 0. The molecule has 2 nitrogen and oxygen atoms in total. The molecule has 3 aromatic carbocycles. The Labute approximate surface area is 197 Å². The van der Waals surface area contributed by atoms with Gasteiger partial charge in [0.05, 0.1) is 13.2 Å². The second kappa shape index (κ2) is 10.6. The van der Waals surface area contributed by atoms with Crippen LogP contribution in [0, 0.1) is 23.3 Å². The van der Waals surface area contributed by atoms with Crippen LogP contribution in [0.25, 0.3) is 22.3 Å². The van der Waals surface area contributed by atoms with Crippen molar-refractivity contribution in [2.75, 3.05) is 13.2 Å². The standard InChI is InChI=1S/C27H25BF4O2/c1-2-3-4-23-33-14-19(15-34-23)22-12-11-21(26(31)27(22)32)17-7-5-16(6-8-17)20-10-9-18(13-28)24(29)25(20)30/h2,5-12,19,23H,1,3-4,13-15,28H2. The van der Waals surface area contributed by atoms with E-state index in [0.717, 1.165) is 6.42 Å². The normalized spacial score (nSPS) is 18.1. The minimum atomic E-state index is -0.969. The molecule has 0 atom stereocenters. The van der Waals surface area contributed by atoms with E-state index in [-0.39, 0.29) is 36.2 Å². The van der Waals surface area contributed by atoms with Crippen LogP contribution in [0.1, 0.15) is 29.9 Å². The third-order valence-corrected chi connectivity index (χ3v) is 6.18. The Morgan fingerprint density at radius 1 is 0.794 bits per heavy atom. The van der Waals surface area contributed by atoms with Gasteiger partial charge in [-0.25, -0.2) is 17.6 Å². The van der Waals surface area contributed by atoms with Crippen LogP contribution in [-0.2, 0) is 15.8 Å². The smallest absolute Gasteiger partial charge is 0.166 e. The maximum absolute atomic E-state index is 15.0. The number of hydrogen-bond acceptors (Lipinski definition) is 2. The van der Waals surface area contributed by atoms with Crippen LogP contribution in [0.2, 0.25) is 0 Å². The Bertz CT molecular complexity index is 1170. The summed E-state index contributed by atoms with van der Waals surface area (Å²) < 4.78 is 69.8. The first-order chi connectivity index (χ1) is 16.4. The average molecular weight is 468 g/mol. The Kier molecular flexibility index (Phi) is 7.54. The van der Waals surface area contributed by atoms with Gasteiger partial charge < -0.3 is 9.47 Å². The van der Waals surface area contributed by atoms with Crippen LogP contribution in [0.15, 0.2) is 61.2 Å². The van der Waals surface area contributed by atoms with E-state index in [4.69, 9.17) is 9.47 Å². The molecular formula is C27H25BF4O2. The lowest BCUT2D eigenvalue weighted by Crippen LogP contribution is -2.31. The van der Waals surface area contributed by atoms with Gasteiger partial charge >= 0.3 is 0 Å². The lowest BCUT2D eigenvalue weighted by Gasteiger charge is -2.30. The molecule has 0 N–H and O–H groups in total. The molecule has 1 heterocycles. The summed E-state index contributed by atoms with van der Waals surface area (Å²) in [6, 6.07) is 12.4. The van der Waals surface area contributed by atoms with Crippen LogP contribution >= 0.6 is 0 Å². The van der Waals surface area contributed by atoms with Crippen molar-refractivity contribution < 1.29 is 27.0 Å². The average Bonchev–Trinajstić information content (AvgIpc) is 2.87. The van der Waals surface area contributed by atoms with Gasteiger partial charge in [-0.2, -0.15) is 0 Å². The second-order valence-electron chi connectivity index (χ2n) is 8.32. The molecule has 3 aromatic rings. The lowest BCUT2D eigenvalue weighted by atomic mass is 9.92. The van der Waals surface area contributed by atoms with E-state index in [1.807, 2.05) is 0 Å². The maximum atomic E-state index is 15.0. The number of rotatable bonds is 7. The molecule has 0 unspecified atom stereocenters. The van der Waals surface area contributed by atoms with E-state index in [1.54, 1.807) is 50.3 Å². The van der Waals surface area contributed by atoms with E-state index in [1.165, 1.54) is 12.1 Å². The second-order valence-corrected chi connectivity index (χ2v) is 8.32. The third-order valence-electron chi connectivity index (χ3n) is 6.18. The van der Waals surface area contributed by atoms with Gasteiger partial charge in [-0.1, -0.05) is 60.9 Å². The minimum absolute atomic E-state index is 0.0855. The quantitative estimate of drug-likeness (QED) is 0.236. The first-order valence-electron chi connectivity index (χ1n) is 11.3. The van der Waals surface area contributed by atoms with Crippen molar-refractivity contribution in [1.82, 2.24) is 0 Å². The zero-order valence-electron chi connectivity index (χ0n) is 18.9. The summed E-state index contributed by atoms with van der Waals surface area (Å²) >= 11 is 0. The van der Waals surface area contributed by atoms with Crippen LogP contribution in [0.4, 0.5) is 17.6 Å². The summed E-state index contributed by atoms with van der Waals surface area (Å²) in [6.45, 7) is 4.14. The van der Waals surface area contributed by atoms with Gasteiger partial charge in [0, 0.05) is 23.5 Å². The first-order valence-corrected chi connectivity index (χ1v) is 11.3. The van der Waals surface area contributed by atoms with Crippen molar-refractivity contribution in [2.24, 2.45) is 0 Å². The molecule has 7 heteroatoms. The zero-order chi connectivity index (χ0) is 24.2. The molecule has 0 aromatic heterocycles. The summed E-state index contributed by atoms with van der Waals surface area (Å²) in [5.74, 6) is -4.10. The molecule has 0 radical (unpaired) electrons. The summed E-state index contributed by atoms with van der Waals surface area (Å²) in [5.41, 5.74) is 1.58. The molecule has 0 aliphatic carbocycles. The van der Waals surface area contributed by atoms with E-state index in [9.17, 15) is 17.6 Å². The molecule has 1 fully saturated rings. The summed E-state index contributed by atoms with van der Waals surface area (Å²) in [7, 11) is 1.75.